The van der Waals surface area contributed by atoms with Gasteiger partial charge in [-0.1, -0.05) is 12.1 Å². The number of fused-ring (bicyclic) bond motifs is 1. The maximum Gasteiger partial charge on any atom is 0.416 e. The minimum absolute atomic E-state index is 0.0328. The van der Waals surface area contributed by atoms with Crippen molar-refractivity contribution in [3.8, 4) is 0 Å². The average Bonchev–Trinajstić information content (AvgIpc) is 3.34. The second-order valence-electron chi connectivity index (χ2n) is 8.06. The van der Waals surface area contributed by atoms with Crippen molar-refractivity contribution in [2.75, 3.05) is 22.9 Å². The smallest absolute Gasteiger partial charge is 0.352 e. The quantitative estimate of drug-likeness (QED) is 0.785. The number of amides is 3. The zero-order chi connectivity index (χ0) is 23.0. The lowest BCUT2D eigenvalue weighted by Crippen LogP contribution is -2.32. The summed E-state index contributed by atoms with van der Waals surface area (Å²) in [6, 6.07) is 10.2. The third-order valence-electron chi connectivity index (χ3n) is 5.87. The van der Waals surface area contributed by atoms with Crippen molar-refractivity contribution in [3.63, 3.8) is 0 Å². The van der Waals surface area contributed by atoms with Crippen LogP contribution >= 0.6 is 0 Å². The standard InChI is InChI=1S/C23H22F3N3O3/c1-14(30)28-8-7-16-10-19(5-6-20(16)28)29-13-17(11-21(29)31)22(32)27-12-15-3-2-4-18(9-15)23(24,25)26/h2-6,9-10,17H,7-8,11-13H2,1H3,(H,27,32)/t17-/m0/s1. The van der Waals surface area contributed by atoms with E-state index in [1.807, 2.05) is 12.1 Å². The van der Waals surface area contributed by atoms with Crippen LogP contribution in [0.4, 0.5) is 24.5 Å². The molecule has 6 nitrogen and oxygen atoms in total. The molecule has 1 saturated heterocycles. The molecule has 2 aromatic carbocycles. The van der Waals surface area contributed by atoms with Gasteiger partial charge in [-0.15, -0.1) is 0 Å². The van der Waals surface area contributed by atoms with E-state index in [4.69, 9.17) is 0 Å². The summed E-state index contributed by atoms with van der Waals surface area (Å²) in [4.78, 5) is 40.1. The molecule has 1 N–H and O–H groups in total. The molecular formula is C23H22F3N3O3. The molecule has 0 aliphatic carbocycles. The van der Waals surface area contributed by atoms with Crippen LogP contribution in [-0.2, 0) is 33.5 Å². The number of alkyl halides is 3. The first-order chi connectivity index (χ1) is 15.1. The summed E-state index contributed by atoms with van der Waals surface area (Å²) in [5.41, 5.74) is 2.05. The fraction of sp³-hybridized carbons (Fsp3) is 0.348. The second kappa shape index (κ2) is 8.29. The molecule has 9 heteroatoms. The molecule has 0 saturated carbocycles. The van der Waals surface area contributed by atoms with E-state index in [-0.39, 0.29) is 37.2 Å². The van der Waals surface area contributed by atoms with Gasteiger partial charge < -0.3 is 15.1 Å². The molecule has 2 aliphatic rings. The van der Waals surface area contributed by atoms with Gasteiger partial charge in [-0.3, -0.25) is 14.4 Å². The van der Waals surface area contributed by atoms with Gasteiger partial charge in [0.25, 0.3) is 0 Å². The monoisotopic (exact) mass is 445 g/mol. The largest absolute Gasteiger partial charge is 0.416 e. The fourth-order valence-corrected chi connectivity index (χ4v) is 4.21. The summed E-state index contributed by atoms with van der Waals surface area (Å²) in [6.45, 7) is 2.26. The molecule has 4 rings (SSSR count). The van der Waals surface area contributed by atoms with E-state index < -0.39 is 17.7 Å². The van der Waals surface area contributed by atoms with Crippen molar-refractivity contribution in [2.24, 2.45) is 5.92 Å². The number of carbonyl (C=O) groups is 3. The molecule has 32 heavy (non-hydrogen) atoms. The molecule has 0 aromatic heterocycles. The lowest BCUT2D eigenvalue weighted by atomic mass is 10.1. The van der Waals surface area contributed by atoms with E-state index in [1.54, 1.807) is 15.9 Å². The topological polar surface area (TPSA) is 69.7 Å². The summed E-state index contributed by atoms with van der Waals surface area (Å²) in [5.74, 6) is -1.19. The lowest BCUT2D eigenvalue weighted by Gasteiger charge is -2.19. The van der Waals surface area contributed by atoms with Crippen LogP contribution < -0.4 is 15.1 Å². The Labute approximate surface area is 183 Å². The molecule has 0 bridgehead atoms. The van der Waals surface area contributed by atoms with Gasteiger partial charge in [0.05, 0.1) is 11.5 Å². The molecule has 2 aliphatic heterocycles. The van der Waals surface area contributed by atoms with Crippen LogP contribution in [0.1, 0.15) is 30.0 Å². The number of benzene rings is 2. The number of anilines is 2. The van der Waals surface area contributed by atoms with Crippen molar-refractivity contribution < 1.29 is 27.6 Å². The Morgan fingerprint density at radius 3 is 2.66 bits per heavy atom. The Kier molecular flexibility index (Phi) is 5.66. The molecule has 2 aromatic rings. The van der Waals surface area contributed by atoms with E-state index in [0.29, 0.717) is 24.2 Å². The molecule has 3 amide bonds. The van der Waals surface area contributed by atoms with Crippen LogP contribution in [0, 0.1) is 5.92 Å². The number of rotatable bonds is 4. The Morgan fingerprint density at radius 2 is 1.94 bits per heavy atom. The first-order valence-electron chi connectivity index (χ1n) is 10.3. The van der Waals surface area contributed by atoms with E-state index in [1.165, 1.54) is 19.1 Å². The highest BCUT2D eigenvalue weighted by molar-refractivity contribution is 6.01. The van der Waals surface area contributed by atoms with E-state index in [9.17, 15) is 27.6 Å². The van der Waals surface area contributed by atoms with Crippen molar-refractivity contribution in [1.82, 2.24) is 5.32 Å². The normalized spacial score (nSPS) is 18.1. The minimum Gasteiger partial charge on any atom is -0.352 e. The molecule has 0 spiro atoms. The number of nitrogens with one attached hydrogen (secondary N) is 1. The van der Waals surface area contributed by atoms with Crippen molar-refractivity contribution in [3.05, 3.63) is 59.2 Å². The van der Waals surface area contributed by atoms with Gasteiger partial charge in [-0.2, -0.15) is 13.2 Å². The third kappa shape index (κ3) is 4.32. The first kappa shape index (κ1) is 21.9. The van der Waals surface area contributed by atoms with Crippen LogP contribution in [0.25, 0.3) is 0 Å². The van der Waals surface area contributed by atoms with Crippen molar-refractivity contribution >= 4 is 29.1 Å². The molecule has 2 heterocycles. The van der Waals surface area contributed by atoms with Crippen LogP contribution in [0.2, 0.25) is 0 Å². The van der Waals surface area contributed by atoms with Gasteiger partial charge in [-0.25, -0.2) is 0 Å². The molecule has 1 fully saturated rings. The highest BCUT2D eigenvalue weighted by atomic mass is 19.4. The summed E-state index contributed by atoms with van der Waals surface area (Å²) >= 11 is 0. The Balaban J connectivity index is 1.40. The van der Waals surface area contributed by atoms with Crippen LogP contribution in [0.3, 0.4) is 0 Å². The van der Waals surface area contributed by atoms with E-state index >= 15 is 0 Å². The zero-order valence-corrected chi connectivity index (χ0v) is 17.4. The number of carbonyl (C=O) groups excluding carboxylic acids is 3. The van der Waals surface area contributed by atoms with Gasteiger partial charge in [-0.05, 0) is 47.9 Å². The van der Waals surface area contributed by atoms with Crippen molar-refractivity contribution in [2.45, 2.75) is 32.5 Å². The Hall–Kier alpha value is -3.36. The highest BCUT2D eigenvalue weighted by Gasteiger charge is 2.36. The van der Waals surface area contributed by atoms with Crippen LogP contribution in [-0.4, -0.2) is 30.8 Å². The number of halogens is 3. The van der Waals surface area contributed by atoms with Gasteiger partial charge in [0.15, 0.2) is 0 Å². The van der Waals surface area contributed by atoms with Gasteiger partial charge in [0, 0.05) is 44.4 Å². The minimum atomic E-state index is -4.45. The number of hydrogen-bond acceptors (Lipinski definition) is 3. The SMILES string of the molecule is CC(=O)N1CCc2cc(N3C[C@@H](C(=O)NCc4cccc(C(F)(F)F)c4)CC3=O)ccc21. The van der Waals surface area contributed by atoms with Gasteiger partial charge in [0.2, 0.25) is 17.7 Å². The fourth-order valence-electron chi connectivity index (χ4n) is 4.21. The molecule has 1 atom stereocenters. The lowest BCUT2D eigenvalue weighted by molar-refractivity contribution is -0.137. The van der Waals surface area contributed by atoms with Crippen LogP contribution in [0.5, 0.6) is 0 Å². The van der Waals surface area contributed by atoms with E-state index in [2.05, 4.69) is 5.32 Å². The summed E-state index contributed by atoms with van der Waals surface area (Å²) < 4.78 is 38.6. The highest BCUT2D eigenvalue weighted by Crippen LogP contribution is 2.34. The first-order valence-corrected chi connectivity index (χ1v) is 10.3. The predicted molar refractivity (Wildman–Crippen MR) is 112 cm³/mol. The molecular weight excluding hydrogens is 423 g/mol. The Bertz CT molecular complexity index is 1080. The van der Waals surface area contributed by atoms with Crippen LogP contribution in [0.15, 0.2) is 42.5 Å². The van der Waals surface area contributed by atoms with E-state index in [0.717, 1.165) is 23.4 Å². The van der Waals surface area contributed by atoms with Crippen molar-refractivity contribution in [1.29, 1.82) is 0 Å². The maximum atomic E-state index is 12.9. The maximum absolute atomic E-state index is 12.9. The zero-order valence-electron chi connectivity index (χ0n) is 17.4. The van der Waals surface area contributed by atoms with Gasteiger partial charge in [0.1, 0.15) is 0 Å². The summed E-state index contributed by atoms with van der Waals surface area (Å²) in [6.07, 6.45) is -3.72. The van der Waals surface area contributed by atoms with Gasteiger partial charge >= 0.3 is 6.18 Å². The number of hydrogen-bond donors (Lipinski definition) is 1. The third-order valence-corrected chi connectivity index (χ3v) is 5.87. The molecule has 168 valence electrons. The number of nitrogens with zero attached hydrogens (tertiary/aromatic N) is 2. The molecule has 0 radical (unpaired) electrons. The average molecular weight is 445 g/mol. The summed E-state index contributed by atoms with van der Waals surface area (Å²) in [7, 11) is 0. The Morgan fingerprint density at radius 1 is 1.16 bits per heavy atom. The predicted octanol–water partition coefficient (Wildman–Crippen LogP) is 3.28. The molecule has 0 unspecified atom stereocenters. The second-order valence-corrected chi connectivity index (χ2v) is 8.06. The summed E-state index contributed by atoms with van der Waals surface area (Å²) in [5, 5.41) is 2.64.